The zero-order chi connectivity index (χ0) is 11.4. The minimum atomic E-state index is 0.357. The van der Waals surface area contributed by atoms with E-state index < -0.39 is 0 Å². The minimum Gasteiger partial charge on any atom is -0.396 e. The van der Waals surface area contributed by atoms with Crippen molar-refractivity contribution >= 4 is 0 Å². The van der Waals surface area contributed by atoms with Crippen molar-refractivity contribution in [1.82, 2.24) is 0 Å². The molecule has 0 radical (unpaired) electrons. The molecule has 0 aliphatic heterocycles. The summed E-state index contributed by atoms with van der Waals surface area (Å²) in [5.41, 5.74) is 0. The van der Waals surface area contributed by atoms with Crippen LogP contribution in [0.2, 0.25) is 0 Å². The van der Waals surface area contributed by atoms with Gasteiger partial charge in [-0.15, -0.1) is 0 Å². The molecule has 1 heteroatoms. The molecule has 90 valence electrons. The van der Waals surface area contributed by atoms with Crippen LogP contribution in [0.4, 0.5) is 0 Å². The Balaban J connectivity index is 1.82. The largest absolute Gasteiger partial charge is 0.396 e. The molecule has 2 bridgehead atoms. The van der Waals surface area contributed by atoms with E-state index in [2.05, 4.69) is 31.2 Å². The van der Waals surface area contributed by atoms with E-state index in [1.165, 1.54) is 32.1 Å². The molecule has 2 rings (SSSR count). The summed E-state index contributed by atoms with van der Waals surface area (Å²) < 4.78 is 0. The van der Waals surface area contributed by atoms with Gasteiger partial charge in [-0.05, 0) is 42.9 Å². The fourth-order valence-electron chi connectivity index (χ4n) is 3.27. The van der Waals surface area contributed by atoms with Gasteiger partial charge in [0.15, 0.2) is 0 Å². The monoisotopic (exact) mass is 220 g/mol. The number of hydrogen-bond acceptors (Lipinski definition) is 1. The summed E-state index contributed by atoms with van der Waals surface area (Å²) in [5.74, 6) is 2.48. The molecule has 4 unspecified atom stereocenters. The molecular formula is C15H24O. The van der Waals surface area contributed by atoms with E-state index in [-0.39, 0.29) is 0 Å². The number of unbranched alkanes of at least 4 members (excludes halogenated alkanes) is 3. The first-order chi connectivity index (χ1) is 7.86. The van der Waals surface area contributed by atoms with Gasteiger partial charge in [-0.3, -0.25) is 0 Å². The normalized spacial score (nSPS) is 36.6. The maximum Gasteiger partial charge on any atom is 0.0470 e. The predicted octanol–water partition coefficient (Wildman–Crippen LogP) is 3.55. The topological polar surface area (TPSA) is 20.2 Å². The fraction of sp³-hybridized carbons (Fsp3) is 0.733. The summed E-state index contributed by atoms with van der Waals surface area (Å²) in [6.07, 6.45) is 15.8. The number of hydrogen-bond donors (Lipinski definition) is 1. The van der Waals surface area contributed by atoms with E-state index in [1.807, 2.05) is 0 Å². The van der Waals surface area contributed by atoms with Crippen LogP contribution in [0.25, 0.3) is 0 Å². The van der Waals surface area contributed by atoms with Crippen LogP contribution in [-0.2, 0) is 0 Å². The van der Waals surface area contributed by atoms with Crippen molar-refractivity contribution in [2.24, 2.45) is 23.7 Å². The Labute approximate surface area is 99.3 Å². The third-order valence-electron chi connectivity index (χ3n) is 4.23. The highest BCUT2D eigenvalue weighted by Crippen LogP contribution is 2.48. The number of rotatable bonds is 6. The standard InChI is InChI=1S/C15H24O/c1-2-3-4-5-6-7-14-12-8-9-13(10-12)15(14)11-16/h6-9,12-16H,2-5,10-11H2,1H3. The van der Waals surface area contributed by atoms with Crippen molar-refractivity contribution in [2.75, 3.05) is 6.61 Å². The van der Waals surface area contributed by atoms with Crippen LogP contribution in [0, 0.1) is 23.7 Å². The molecule has 1 saturated carbocycles. The average Bonchev–Trinajstić information content (AvgIpc) is 2.88. The zero-order valence-corrected chi connectivity index (χ0v) is 10.3. The lowest BCUT2D eigenvalue weighted by molar-refractivity contribution is 0.182. The quantitative estimate of drug-likeness (QED) is 0.536. The van der Waals surface area contributed by atoms with Crippen molar-refractivity contribution in [1.29, 1.82) is 0 Å². The first-order valence-electron chi connectivity index (χ1n) is 6.82. The van der Waals surface area contributed by atoms with Crippen LogP contribution >= 0.6 is 0 Å². The van der Waals surface area contributed by atoms with Gasteiger partial charge in [0, 0.05) is 6.61 Å². The van der Waals surface area contributed by atoms with Gasteiger partial charge < -0.3 is 5.11 Å². The average molecular weight is 220 g/mol. The fourth-order valence-corrected chi connectivity index (χ4v) is 3.27. The summed E-state index contributed by atoms with van der Waals surface area (Å²) >= 11 is 0. The Morgan fingerprint density at radius 2 is 2.06 bits per heavy atom. The van der Waals surface area contributed by atoms with E-state index in [0.717, 1.165) is 0 Å². The molecule has 0 spiro atoms. The van der Waals surface area contributed by atoms with Crippen molar-refractivity contribution in [3.63, 3.8) is 0 Å². The molecule has 1 nitrogen and oxygen atoms in total. The number of aliphatic hydroxyl groups is 1. The third-order valence-corrected chi connectivity index (χ3v) is 4.23. The molecule has 4 atom stereocenters. The molecule has 1 fully saturated rings. The highest BCUT2D eigenvalue weighted by Gasteiger charge is 2.42. The van der Waals surface area contributed by atoms with Gasteiger partial charge in [-0.1, -0.05) is 44.1 Å². The van der Waals surface area contributed by atoms with E-state index in [0.29, 0.717) is 30.3 Å². The summed E-state index contributed by atoms with van der Waals surface area (Å²) in [5, 5.41) is 9.43. The predicted molar refractivity (Wildman–Crippen MR) is 68.1 cm³/mol. The van der Waals surface area contributed by atoms with Gasteiger partial charge >= 0.3 is 0 Å². The smallest absolute Gasteiger partial charge is 0.0470 e. The van der Waals surface area contributed by atoms with Crippen molar-refractivity contribution in [2.45, 2.75) is 39.0 Å². The summed E-state index contributed by atoms with van der Waals surface area (Å²) in [4.78, 5) is 0. The van der Waals surface area contributed by atoms with Crippen LogP contribution in [0.3, 0.4) is 0 Å². The second-order valence-corrected chi connectivity index (χ2v) is 5.30. The van der Waals surface area contributed by atoms with Gasteiger partial charge in [0.05, 0.1) is 0 Å². The molecule has 0 aromatic carbocycles. The second kappa shape index (κ2) is 5.67. The van der Waals surface area contributed by atoms with E-state index in [9.17, 15) is 5.11 Å². The van der Waals surface area contributed by atoms with E-state index in [1.54, 1.807) is 0 Å². The Bertz CT molecular complexity index is 267. The first-order valence-corrected chi connectivity index (χ1v) is 6.82. The zero-order valence-electron chi connectivity index (χ0n) is 10.3. The Kier molecular flexibility index (Phi) is 4.22. The van der Waals surface area contributed by atoms with Crippen molar-refractivity contribution < 1.29 is 5.11 Å². The van der Waals surface area contributed by atoms with Gasteiger partial charge in [-0.2, -0.15) is 0 Å². The maximum absolute atomic E-state index is 9.43. The highest BCUT2D eigenvalue weighted by molar-refractivity contribution is 5.17. The molecule has 1 N–H and O–H groups in total. The molecule has 0 aromatic heterocycles. The molecule has 0 heterocycles. The van der Waals surface area contributed by atoms with Crippen molar-refractivity contribution in [3.05, 3.63) is 24.3 Å². The van der Waals surface area contributed by atoms with Crippen LogP contribution in [0.15, 0.2) is 24.3 Å². The van der Waals surface area contributed by atoms with Crippen LogP contribution in [-0.4, -0.2) is 11.7 Å². The Hall–Kier alpha value is -0.560. The Morgan fingerprint density at radius 3 is 2.81 bits per heavy atom. The number of allylic oxidation sites excluding steroid dienone is 4. The molecule has 0 saturated heterocycles. The SMILES string of the molecule is CCCCCC=CC1C2C=CC(C2)C1CO. The van der Waals surface area contributed by atoms with Gasteiger partial charge in [0.2, 0.25) is 0 Å². The summed E-state index contributed by atoms with van der Waals surface area (Å²) in [7, 11) is 0. The first kappa shape index (κ1) is 11.9. The van der Waals surface area contributed by atoms with Crippen LogP contribution < -0.4 is 0 Å². The molecule has 2 aliphatic carbocycles. The van der Waals surface area contributed by atoms with Crippen LogP contribution in [0.1, 0.15) is 39.0 Å². The molecule has 16 heavy (non-hydrogen) atoms. The van der Waals surface area contributed by atoms with Crippen molar-refractivity contribution in [3.8, 4) is 0 Å². The minimum absolute atomic E-state index is 0.357. The lowest BCUT2D eigenvalue weighted by Crippen LogP contribution is -2.21. The summed E-state index contributed by atoms with van der Waals surface area (Å²) in [6.45, 7) is 2.60. The van der Waals surface area contributed by atoms with E-state index >= 15 is 0 Å². The highest BCUT2D eigenvalue weighted by atomic mass is 16.3. The van der Waals surface area contributed by atoms with Gasteiger partial charge in [-0.25, -0.2) is 0 Å². The number of aliphatic hydroxyl groups excluding tert-OH is 1. The third kappa shape index (κ3) is 2.40. The second-order valence-electron chi connectivity index (χ2n) is 5.30. The number of fused-ring (bicyclic) bond motifs is 2. The van der Waals surface area contributed by atoms with E-state index in [4.69, 9.17) is 0 Å². The van der Waals surface area contributed by atoms with Crippen LogP contribution in [0.5, 0.6) is 0 Å². The molecule has 2 aliphatic rings. The molecule has 0 amide bonds. The lowest BCUT2D eigenvalue weighted by atomic mass is 9.83. The molecular weight excluding hydrogens is 196 g/mol. The lowest BCUT2D eigenvalue weighted by Gasteiger charge is -2.23. The van der Waals surface area contributed by atoms with Gasteiger partial charge in [0.1, 0.15) is 0 Å². The Morgan fingerprint density at radius 1 is 1.25 bits per heavy atom. The van der Waals surface area contributed by atoms with Gasteiger partial charge in [0.25, 0.3) is 0 Å². The maximum atomic E-state index is 9.43. The summed E-state index contributed by atoms with van der Waals surface area (Å²) in [6, 6.07) is 0. The molecule has 0 aromatic rings.